The molecule has 0 bridgehead atoms. The van der Waals surface area contributed by atoms with E-state index in [2.05, 4.69) is 23.9 Å². The van der Waals surface area contributed by atoms with Gasteiger partial charge in [0, 0.05) is 30.8 Å². The molecule has 0 radical (unpaired) electrons. The molecule has 1 aromatic carbocycles. The van der Waals surface area contributed by atoms with Gasteiger partial charge in [0.2, 0.25) is 0 Å². The van der Waals surface area contributed by atoms with Gasteiger partial charge in [0.25, 0.3) is 0 Å². The summed E-state index contributed by atoms with van der Waals surface area (Å²) in [6.45, 7) is 2.08. The zero-order valence-corrected chi connectivity index (χ0v) is 13.2. The first-order valence-electron chi connectivity index (χ1n) is 6.92. The van der Waals surface area contributed by atoms with E-state index in [0.29, 0.717) is 11.0 Å². The Morgan fingerprint density at radius 1 is 1.50 bits per heavy atom. The summed E-state index contributed by atoms with van der Waals surface area (Å²) >= 11 is 5.19. The van der Waals surface area contributed by atoms with Gasteiger partial charge in [-0.2, -0.15) is 0 Å². The standard InChI is InChI=1S/C15H23N3OS/c1-17(2)10-11-5-4-8-18(11)14-9-12(19-3)6-7-13(14)15(16)20/h6-7,9,11H,4-5,8,10H2,1-3H3,(H2,16,20). The van der Waals surface area contributed by atoms with E-state index in [1.54, 1.807) is 7.11 Å². The van der Waals surface area contributed by atoms with Crippen molar-refractivity contribution in [2.24, 2.45) is 5.73 Å². The third-order valence-corrected chi connectivity index (χ3v) is 3.95. The van der Waals surface area contributed by atoms with Gasteiger partial charge in [0.1, 0.15) is 10.7 Å². The summed E-state index contributed by atoms with van der Waals surface area (Å²) in [5.41, 5.74) is 7.91. The summed E-state index contributed by atoms with van der Waals surface area (Å²) in [7, 11) is 5.90. The first-order chi connectivity index (χ1) is 9.52. The molecule has 1 atom stereocenters. The third kappa shape index (κ3) is 3.22. The number of anilines is 1. The van der Waals surface area contributed by atoms with Crippen LogP contribution in [0.2, 0.25) is 0 Å². The van der Waals surface area contributed by atoms with Crippen molar-refractivity contribution in [2.45, 2.75) is 18.9 Å². The van der Waals surface area contributed by atoms with Crippen LogP contribution in [-0.4, -0.2) is 50.2 Å². The highest BCUT2D eigenvalue weighted by molar-refractivity contribution is 7.80. The lowest BCUT2D eigenvalue weighted by Crippen LogP contribution is -2.38. The quantitative estimate of drug-likeness (QED) is 0.839. The molecule has 1 heterocycles. The van der Waals surface area contributed by atoms with Crippen LogP contribution in [0.3, 0.4) is 0 Å². The zero-order chi connectivity index (χ0) is 14.7. The number of hydrogen-bond donors (Lipinski definition) is 1. The van der Waals surface area contributed by atoms with Gasteiger partial charge in [-0.1, -0.05) is 12.2 Å². The molecule has 0 spiro atoms. The molecule has 0 aromatic heterocycles. The number of ether oxygens (including phenoxy) is 1. The molecule has 1 saturated heterocycles. The maximum Gasteiger partial charge on any atom is 0.120 e. The second-order valence-corrected chi connectivity index (χ2v) is 5.94. The molecular formula is C15H23N3OS. The second-order valence-electron chi connectivity index (χ2n) is 5.50. The predicted octanol–water partition coefficient (Wildman–Crippen LogP) is 1.86. The van der Waals surface area contributed by atoms with E-state index in [9.17, 15) is 0 Å². The Labute approximate surface area is 126 Å². The van der Waals surface area contributed by atoms with Gasteiger partial charge >= 0.3 is 0 Å². The summed E-state index contributed by atoms with van der Waals surface area (Å²) in [5, 5.41) is 0. The van der Waals surface area contributed by atoms with E-state index in [-0.39, 0.29) is 0 Å². The van der Waals surface area contributed by atoms with E-state index in [1.807, 2.05) is 18.2 Å². The van der Waals surface area contributed by atoms with Crippen LogP contribution in [0, 0.1) is 0 Å². The third-order valence-electron chi connectivity index (χ3n) is 3.73. The molecule has 0 amide bonds. The van der Waals surface area contributed by atoms with Crippen LogP contribution >= 0.6 is 12.2 Å². The Bertz CT molecular complexity index is 490. The minimum atomic E-state index is 0.443. The van der Waals surface area contributed by atoms with Gasteiger partial charge < -0.3 is 20.3 Å². The zero-order valence-electron chi connectivity index (χ0n) is 12.4. The maximum atomic E-state index is 5.87. The van der Waals surface area contributed by atoms with Crippen LogP contribution in [0.1, 0.15) is 18.4 Å². The van der Waals surface area contributed by atoms with Crippen molar-refractivity contribution in [2.75, 3.05) is 39.2 Å². The molecule has 1 fully saturated rings. The van der Waals surface area contributed by atoms with Crippen molar-refractivity contribution < 1.29 is 4.74 Å². The first kappa shape index (κ1) is 15.1. The SMILES string of the molecule is COc1ccc(C(N)=S)c(N2CCCC2CN(C)C)c1. The van der Waals surface area contributed by atoms with E-state index in [4.69, 9.17) is 22.7 Å². The Hall–Kier alpha value is -1.33. The predicted molar refractivity (Wildman–Crippen MR) is 87.8 cm³/mol. The number of nitrogens with zero attached hydrogens (tertiary/aromatic N) is 2. The van der Waals surface area contributed by atoms with E-state index in [1.165, 1.54) is 12.8 Å². The van der Waals surface area contributed by atoms with Gasteiger partial charge in [-0.15, -0.1) is 0 Å². The molecule has 5 heteroatoms. The van der Waals surface area contributed by atoms with Crippen LogP contribution in [0.4, 0.5) is 5.69 Å². The lowest BCUT2D eigenvalue weighted by Gasteiger charge is -2.30. The molecule has 1 aliphatic heterocycles. The molecule has 110 valence electrons. The van der Waals surface area contributed by atoms with Crippen LogP contribution in [0.15, 0.2) is 18.2 Å². The highest BCUT2D eigenvalue weighted by atomic mass is 32.1. The summed E-state index contributed by atoms with van der Waals surface area (Å²) in [6, 6.07) is 6.42. The molecule has 20 heavy (non-hydrogen) atoms. The topological polar surface area (TPSA) is 41.7 Å². The number of thiocarbonyl (C=S) groups is 1. The minimum absolute atomic E-state index is 0.443. The number of methoxy groups -OCH3 is 1. The van der Waals surface area contributed by atoms with Gasteiger partial charge in [-0.25, -0.2) is 0 Å². The van der Waals surface area contributed by atoms with Crippen LogP contribution in [0.25, 0.3) is 0 Å². The molecule has 2 rings (SSSR count). The van der Waals surface area contributed by atoms with Gasteiger partial charge in [0.15, 0.2) is 0 Å². The number of hydrogen-bond acceptors (Lipinski definition) is 4. The van der Waals surface area contributed by atoms with Crippen molar-refractivity contribution in [1.82, 2.24) is 4.90 Å². The average Bonchev–Trinajstić information content (AvgIpc) is 2.85. The largest absolute Gasteiger partial charge is 0.497 e. The Balaban J connectivity index is 2.36. The first-order valence-corrected chi connectivity index (χ1v) is 7.33. The Kier molecular flexibility index (Phi) is 4.83. The lowest BCUT2D eigenvalue weighted by molar-refractivity contribution is 0.372. The van der Waals surface area contributed by atoms with Gasteiger partial charge in [-0.05, 0) is 39.1 Å². The van der Waals surface area contributed by atoms with Crippen molar-refractivity contribution in [3.8, 4) is 5.75 Å². The van der Waals surface area contributed by atoms with Crippen LogP contribution in [-0.2, 0) is 0 Å². The van der Waals surface area contributed by atoms with Crippen LogP contribution < -0.4 is 15.4 Å². The summed E-state index contributed by atoms with van der Waals surface area (Å²) < 4.78 is 5.34. The van der Waals surface area contributed by atoms with Crippen molar-refractivity contribution in [1.29, 1.82) is 0 Å². The van der Waals surface area contributed by atoms with Crippen molar-refractivity contribution in [3.63, 3.8) is 0 Å². The minimum Gasteiger partial charge on any atom is -0.497 e. The molecule has 1 aliphatic rings. The van der Waals surface area contributed by atoms with Gasteiger partial charge in [-0.3, -0.25) is 0 Å². The molecular weight excluding hydrogens is 270 g/mol. The fourth-order valence-electron chi connectivity index (χ4n) is 2.85. The molecule has 1 aromatic rings. The fourth-order valence-corrected chi connectivity index (χ4v) is 3.02. The average molecular weight is 293 g/mol. The highest BCUT2D eigenvalue weighted by Gasteiger charge is 2.27. The van der Waals surface area contributed by atoms with Crippen molar-refractivity contribution in [3.05, 3.63) is 23.8 Å². The Morgan fingerprint density at radius 3 is 2.85 bits per heavy atom. The van der Waals surface area contributed by atoms with E-state index in [0.717, 1.165) is 30.1 Å². The Morgan fingerprint density at radius 2 is 2.25 bits per heavy atom. The molecule has 0 aliphatic carbocycles. The second kappa shape index (κ2) is 6.41. The maximum absolute atomic E-state index is 5.87. The summed E-state index contributed by atoms with van der Waals surface area (Å²) in [5.74, 6) is 0.843. The highest BCUT2D eigenvalue weighted by Crippen LogP contribution is 2.32. The molecule has 1 unspecified atom stereocenters. The van der Waals surface area contributed by atoms with E-state index >= 15 is 0 Å². The molecule has 2 N–H and O–H groups in total. The lowest BCUT2D eigenvalue weighted by atomic mass is 10.1. The van der Waals surface area contributed by atoms with Crippen molar-refractivity contribution >= 4 is 22.9 Å². The summed E-state index contributed by atoms with van der Waals surface area (Å²) in [4.78, 5) is 5.08. The molecule has 4 nitrogen and oxygen atoms in total. The fraction of sp³-hybridized carbons (Fsp3) is 0.533. The number of likely N-dealkylation sites (N-methyl/N-ethyl adjacent to an activating group) is 1. The molecule has 0 saturated carbocycles. The number of rotatable bonds is 5. The van der Waals surface area contributed by atoms with Gasteiger partial charge in [0.05, 0.1) is 12.8 Å². The normalized spacial score (nSPS) is 18.6. The number of nitrogens with two attached hydrogens (primary N) is 1. The monoisotopic (exact) mass is 293 g/mol. The summed E-state index contributed by atoms with van der Waals surface area (Å²) in [6.07, 6.45) is 2.40. The van der Waals surface area contributed by atoms with Crippen LogP contribution in [0.5, 0.6) is 5.75 Å². The van der Waals surface area contributed by atoms with E-state index < -0.39 is 0 Å². The smallest absolute Gasteiger partial charge is 0.120 e. The number of benzene rings is 1.